The predicted molar refractivity (Wildman–Crippen MR) is 123 cm³/mol. The van der Waals surface area contributed by atoms with Gasteiger partial charge in [0.15, 0.2) is 10.9 Å². The minimum atomic E-state index is -0.481. The topological polar surface area (TPSA) is 116 Å². The second kappa shape index (κ2) is 7.96. The summed E-state index contributed by atoms with van der Waals surface area (Å²) in [6.07, 6.45) is 6.18. The molecule has 1 aliphatic carbocycles. The van der Waals surface area contributed by atoms with E-state index < -0.39 is 6.04 Å². The van der Waals surface area contributed by atoms with E-state index in [4.69, 9.17) is 4.42 Å². The molecule has 1 fully saturated rings. The van der Waals surface area contributed by atoms with E-state index in [1.54, 1.807) is 23.0 Å². The molecule has 10 nitrogen and oxygen atoms in total. The number of benzene rings is 1. The van der Waals surface area contributed by atoms with Gasteiger partial charge in [-0.1, -0.05) is 23.4 Å². The van der Waals surface area contributed by atoms with Crippen LogP contribution >= 0.6 is 0 Å². The number of aryl methyl sites for hydroxylation is 1. The second-order valence-electron chi connectivity index (χ2n) is 8.47. The Labute approximate surface area is 189 Å². The predicted octanol–water partition coefficient (Wildman–Crippen LogP) is 0.390. The Hall–Kier alpha value is -3.79. The van der Waals surface area contributed by atoms with Gasteiger partial charge in [-0.05, 0) is 30.8 Å². The number of nitrogens with one attached hydrogen (secondary N) is 1. The van der Waals surface area contributed by atoms with Gasteiger partial charge in [0.2, 0.25) is 0 Å². The zero-order chi connectivity index (χ0) is 22.4. The van der Waals surface area contributed by atoms with E-state index in [0.29, 0.717) is 28.8 Å². The van der Waals surface area contributed by atoms with Crippen molar-refractivity contribution >= 4 is 28.6 Å². The van der Waals surface area contributed by atoms with Crippen molar-refractivity contribution in [2.45, 2.75) is 19.0 Å². The van der Waals surface area contributed by atoms with Crippen LogP contribution in [0.1, 0.15) is 6.42 Å². The summed E-state index contributed by atoms with van der Waals surface area (Å²) < 4.78 is 7.58. The molecular formula is C23H25N7O3. The smallest absolute Gasteiger partial charge is 0.298 e. The summed E-state index contributed by atoms with van der Waals surface area (Å²) in [5.41, 5.74) is 2.33. The van der Waals surface area contributed by atoms with Crippen molar-refractivity contribution in [3.63, 3.8) is 0 Å². The van der Waals surface area contributed by atoms with Crippen LogP contribution in [0, 0.1) is 0 Å². The van der Waals surface area contributed by atoms with E-state index in [2.05, 4.69) is 30.4 Å². The SMILES string of the molecule is OC1=c2nnn(CCCN3CCN(c4nc5ccccc5o4)CC3)c2=C(O)C2=CC=CNC21. The highest BCUT2D eigenvalue weighted by Gasteiger charge is 2.30. The summed E-state index contributed by atoms with van der Waals surface area (Å²) in [7, 11) is 0. The Morgan fingerprint density at radius 1 is 1.09 bits per heavy atom. The van der Waals surface area contributed by atoms with E-state index >= 15 is 0 Å². The van der Waals surface area contributed by atoms with Crippen LogP contribution in [-0.4, -0.2) is 73.9 Å². The maximum atomic E-state index is 10.8. The number of oxazole rings is 1. The number of aliphatic hydroxyl groups excluding tert-OH is 2. The summed E-state index contributed by atoms with van der Waals surface area (Å²) in [6.45, 7) is 5.08. The fourth-order valence-electron chi connectivity index (χ4n) is 4.68. The number of aliphatic hydroxyl groups is 2. The molecule has 3 aliphatic rings. The molecule has 10 heteroatoms. The van der Waals surface area contributed by atoms with Gasteiger partial charge in [0, 0.05) is 44.8 Å². The molecule has 0 amide bonds. The lowest BCUT2D eigenvalue weighted by Gasteiger charge is -2.33. The maximum Gasteiger partial charge on any atom is 0.298 e. The minimum Gasteiger partial charge on any atom is -0.507 e. The van der Waals surface area contributed by atoms with Crippen molar-refractivity contribution in [2.75, 3.05) is 37.6 Å². The van der Waals surface area contributed by atoms with Crippen LogP contribution in [0.3, 0.4) is 0 Å². The van der Waals surface area contributed by atoms with E-state index in [0.717, 1.165) is 50.2 Å². The number of aromatic nitrogens is 4. The molecule has 3 aromatic rings. The van der Waals surface area contributed by atoms with Crippen molar-refractivity contribution in [1.82, 2.24) is 30.2 Å². The fourth-order valence-corrected chi connectivity index (χ4v) is 4.68. The number of rotatable bonds is 5. The Bertz CT molecular complexity index is 1350. The van der Waals surface area contributed by atoms with Crippen molar-refractivity contribution in [2.24, 2.45) is 0 Å². The Kier molecular flexibility index (Phi) is 4.79. The Morgan fingerprint density at radius 2 is 1.94 bits per heavy atom. The van der Waals surface area contributed by atoms with Crippen LogP contribution in [0.15, 0.2) is 52.6 Å². The van der Waals surface area contributed by atoms with Crippen molar-refractivity contribution in [3.05, 3.63) is 58.9 Å². The summed E-state index contributed by atoms with van der Waals surface area (Å²) in [5, 5.41) is 33.6. The van der Waals surface area contributed by atoms with Crippen LogP contribution in [0.25, 0.3) is 22.6 Å². The molecule has 0 bridgehead atoms. The molecule has 2 aliphatic heterocycles. The number of dihydropyridines is 1. The number of fused-ring (bicyclic) bond motifs is 3. The molecular weight excluding hydrogens is 422 g/mol. The number of allylic oxidation sites excluding steroid dienone is 2. The maximum absolute atomic E-state index is 10.8. The van der Waals surface area contributed by atoms with Crippen LogP contribution in [0.5, 0.6) is 0 Å². The molecule has 0 saturated carbocycles. The average Bonchev–Trinajstić information content (AvgIpc) is 3.48. The highest BCUT2D eigenvalue weighted by molar-refractivity contribution is 5.74. The molecule has 6 rings (SSSR count). The fraction of sp³-hybridized carbons (Fsp3) is 0.348. The van der Waals surface area contributed by atoms with Crippen LogP contribution in [0.4, 0.5) is 6.01 Å². The van der Waals surface area contributed by atoms with E-state index in [1.165, 1.54) is 0 Å². The number of hydrogen-bond acceptors (Lipinski definition) is 9. The molecule has 170 valence electrons. The van der Waals surface area contributed by atoms with Gasteiger partial charge >= 0.3 is 0 Å². The first-order valence-corrected chi connectivity index (χ1v) is 11.2. The average molecular weight is 447 g/mol. The normalized spacial score (nSPS) is 20.5. The van der Waals surface area contributed by atoms with Crippen LogP contribution in [0.2, 0.25) is 0 Å². The minimum absolute atomic E-state index is 0.0833. The first-order chi connectivity index (χ1) is 16.2. The number of piperazine rings is 1. The number of anilines is 1. The lowest BCUT2D eigenvalue weighted by molar-refractivity contribution is 0.244. The van der Waals surface area contributed by atoms with E-state index in [1.807, 2.05) is 24.3 Å². The molecule has 3 N–H and O–H groups in total. The lowest BCUT2D eigenvalue weighted by atomic mass is 9.96. The molecule has 1 unspecified atom stereocenters. The molecule has 0 radical (unpaired) electrons. The summed E-state index contributed by atoms with van der Waals surface area (Å²) in [4.78, 5) is 9.19. The number of nitrogens with zero attached hydrogens (tertiary/aromatic N) is 6. The zero-order valence-electron chi connectivity index (χ0n) is 18.1. The molecule has 33 heavy (non-hydrogen) atoms. The van der Waals surface area contributed by atoms with Crippen LogP contribution in [-0.2, 0) is 6.54 Å². The van der Waals surface area contributed by atoms with Gasteiger partial charge in [0.25, 0.3) is 6.01 Å². The van der Waals surface area contributed by atoms with Gasteiger partial charge in [0.1, 0.15) is 28.4 Å². The monoisotopic (exact) mass is 447 g/mol. The van der Waals surface area contributed by atoms with Gasteiger partial charge in [0.05, 0.1) is 0 Å². The highest BCUT2D eigenvalue weighted by Crippen LogP contribution is 2.23. The van der Waals surface area contributed by atoms with Gasteiger partial charge < -0.3 is 24.8 Å². The van der Waals surface area contributed by atoms with Crippen molar-refractivity contribution in [3.8, 4) is 0 Å². The van der Waals surface area contributed by atoms with Gasteiger partial charge in [-0.15, -0.1) is 5.10 Å². The number of hydrogen-bond donors (Lipinski definition) is 3. The summed E-state index contributed by atoms with van der Waals surface area (Å²) in [6, 6.07) is 8.03. The molecule has 1 saturated heterocycles. The quantitative estimate of drug-likeness (QED) is 0.511. The molecule has 2 aromatic heterocycles. The zero-order valence-corrected chi connectivity index (χ0v) is 18.1. The summed E-state index contributed by atoms with van der Waals surface area (Å²) >= 11 is 0. The Balaban J connectivity index is 1.09. The van der Waals surface area contributed by atoms with Crippen molar-refractivity contribution in [1.29, 1.82) is 0 Å². The second-order valence-corrected chi connectivity index (χ2v) is 8.47. The van der Waals surface area contributed by atoms with Crippen LogP contribution < -0.4 is 20.9 Å². The molecule has 0 spiro atoms. The van der Waals surface area contributed by atoms with E-state index in [9.17, 15) is 10.2 Å². The first-order valence-electron chi connectivity index (χ1n) is 11.2. The van der Waals surface area contributed by atoms with Crippen molar-refractivity contribution < 1.29 is 14.6 Å². The molecule has 1 atom stereocenters. The lowest BCUT2D eigenvalue weighted by Crippen LogP contribution is -2.47. The molecule has 1 aromatic carbocycles. The highest BCUT2D eigenvalue weighted by atomic mass is 16.4. The van der Waals surface area contributed by atoms with Gasteiger partial charge in [-0.2, -0.15) is 4.98 Å². The molecule has 4 heterocycles. The largest absolute Gasteiger partial charge is 0.507 e. The third kappa shape index (κ3) is 3.43. The Morgan fingerprint density at radius 3 is 2.79 bits per heavy atom. The first kappa shape index (κ1) is 19.9. The van der Waals surface area contributed by atoms with E-state index in [-0.39, 0.29) is 11.5 Å². The third-order valence-corrected chi connectivity index (χ3v) is 6.46. The third-order valence-electron chi connectivity index (χ3n) is 6.46. The number of para-hydroxylation sites is 2. The van der Waals surface area contributed by atoms with Gasteiger partial charge in [-0.3, -0.25) is 4.90 Å². The summed E-state index contributed by atoms with van der Waals surface area (Å²) in [5.74, 6) is 0.196. The van der Waals surface area contributed by atoms with Gasteiger partial charge in [-0.25, -0.2) is 4.68 Å². The standard InChI is InChI=1S/C23H25N7O3/c31-21-15-5-3-8-24-18(15)22(32)19-20(21)30(27-26-19)10-4-9-28-11-13-29(14-12-28)23-25-16-6-1-2-7-17(16)33-23/h1-3,5-8,18,24,31-32H,4,9-14H2.